The third-order valence-corrected chi connectivity index (χ3v) is 23.9. The van der Waals surface area contributed by atoms with Crippen LogP contribution in [0.2, 0.25) is 0 Å². The van der Waals surface area contributed by atoms with Crippen molar-refractivity contribution in [2.24, 2.45) is 0 Å². The Morgan fingerprint density at radius 3 is 0.552 bits per heavy atom. The van der Waals surface area contributed by atoms with E-state index in [9.17, 15) is 0 Å². The fourth-order valence-electron chi connectivity index (χ4n) is 6.04. The molecule has 0 nitrogen and oxygen atoms in total. The summed E-state index contributed by atoms with van der Waals surface area (Å²) in [4.78, 5) is 0. The molecule has 0 aliphatic rings. The van der Waals surface area contributed by atoms with Crippen molar-refractivity contribution >= 4 is 29.4 Å². The molecule has 0 radical (unpaired) electrons. The van der Waals surface area contributed by atoms with Crippen molar-refractivity contribution in [3.63, 3.8) is 0 Å². The Bertz CT molecular complexity index is 393. The zero-order chi connectivity index (χ0) is 23.1. The molecule has 0 aromatic carbocycles. The van der Waals surface area contributed by atoms with E-state index < -0.39 is 5.96 Å². The maximum absolute atomic E-state index is 4.16. The summed E-state index contributed by atoms with van der Waals surface area (Å²) >= 11 is 4.16. The molecule has 0 saturated carbocycles. The van der Waals surface area contributed by atoms with E-state index in [0.717, 1.165) is 0 Å². The van der Waals surface area contributed by atoms with Crippen LogP contribution in [0.3, 0.4) is 0 Å². The minimum absolute atomic E-state index is 0. The first kappa shape index (κ1) is 38.9. The van der Waals surface area contributed by atoms with E-state index in [1.54, 1.807) is 0 Å². The van der Waals surface area contributed by atoms with Crippen molar-refractivity contribution in [3.8, 4) is 0 Å². The van der Waals surface area contributed by atoms with Crippen LogP contribution in [-0.4, -0.2) is 30.9 Å². The van der Waals surface area contributed by atoms with Crippen LogP contribution in [0.15, 0.2) is 0 Å². The van der Waals surface area contributed by atoms with Crippen LogP contribution in [0.25, 0.3) is 0 Å². The second-order valence-electron chi connectivity index (χ2n) is 13.9. The maximum atomic E-state index is 4.16. The van der Waals surface area contributed by atoms with Crippen molar-refractivity contribution in [2.75, 3.05) is 0 Å². The van der Waals surface area contributed by atoms with Gasteiger partial charge in [0.1, 0.15) is 15.5 Å². The zero-order valence-electron chi connectivity index (χ0n) is 22.9. The third kappa shape index (κ3) is 11.1. The molecule has 0 spiro atoms. The predicted octanol–water partition coefficient (Wildman–Crippen LogP) is 10.6. The van der Waals surface area contributed by atoms with Gasteiger partial charge in [-0.05, 0) is 77.8 Å². The average Bonchev–Trinajstić information content (AvgIpc) is 2.16. The second kappa shape index (κ2) is 11.9. The summed E-state index contributed by atoms with van der Waals surface area (Å²) in [5.41, 5.74) is 0. The molecule has 29 heavy (non-hydrogen) atoms. The van der Waals surface area contributed by atoms with Gasteiger partial charge in [-0.3, -0.25) is 0 Å². The topological polar surface area (TPSA) is 0 Å². The monoisotopic (exact) mass is 695 g/mol. The SMILES string of the molecule is CC(C)(C)P(C(C)(C)C)C(C)(C)C.CC(C)(C)[P+](Br)(C(C)(C)C)C(C)(C)C.[Pd].[Pd]. The molecule has 5 heteroatoms. The molecule has 0 unspecified atom stereocenters. The summed E-state index contributed by atoms with van der Waals surface area (Å²) in [7, 11) is 0.0162. The van der Waals surface area contributed by atoms with Gasteiger partial charge in [0.25, 0.3) is 0 Å². The van der Waals surface area contributed by atoms with Crippen LogP contribution in [0.5, 0.6) is 0 Å². The molecule has 0 aromatic rings. The summed E-state index contributed by atoms with van der Waals surface area (Å²) in [6.07, 6.45) is 0. The van der Waals surface area contributed by atoms with Gasteiger partial charge in [-0.1, -0.05) is 70.2 Å². The summed E-state index contributed by atoms with van der Waals surface area (Å²) in [6, 6.07) is 0. The van der Waals surface area contributed by atoms with Gasteiger partial charge in [-0.15, -0.1) is 0 Å². The molecule has 0 N–H and O–H groups in total. The first-order valence-electron chi connectivity index (χ1n) is 10.5. The van der Waals surface area contributed by atoms with Gasteiger partial charge >= 0.3 is 0 Å². The van der Waals surface area contributed by atoms with E-state index in [4.69, 9.17) is 0 Å². The Balaban J connectivity index is -0.000000202. The Labute approximate surface area is 224 Å². The van der Waals surface area contributed by atoms with Crippen molar-refractivity contribution in [2.45, 2.75) is 156 Å². The second-order valence-corrected chi connectivity index (χ2v) is 27.0. The Hall–Kier alpha value is 2.66. The molecule has 0 rings (SSSR count). The zero-order valence-corrected chi connectivity index (χ0v) is 29.4. The quantitative estimate of drug-likeness (QED) is 0.175. The van der Waals surface area contributed by atoms with E-state index in [0.29, 0.717) is 30.9 Å². The van der Waals surface area contributed by atoms with E-state index >= 15 is 0 Å². The molecule has 0 amide bonds. The molecular weight excluding hydrogens is 643 g/mol. The number of halogens is 1. The van der Waals surface area contributed by atoms with Crippen molar-refractivity contribution in [3.05, 3.63) is 0 Å². The Morgan fingerprint density at radius 2 is 0.552 bits per heavy atom. The molecule has 186 valence electrons. The van der Waals surface area contributed by atoms with Gasteiger partial charge in [0.2, 0.25) is 0 Å². The largest absolute Gasteiger partial charge is 0.140 e. The van der Waals surface area contributed by atoms with E-state index in [1.807, 2.05) is 0 Å². The first-order valence-corrected chi connectivity index (χ1v) is 15.7. The standard InChI is InChI=1S/C12H27BrP.C12H27P.2Pd/c1-10(2,3)14(13,11(4,5)6)12(7,8)9;1-10(2,3)13(11(4,5)6)12(7,8)9;;/h1-9H3;1-9H3;;/q+1;;;. The van der Waals surface area contributed by atoms with Crippen LogP contribution >= 0.6 is 29.4 Å². The fourth-order valence-corrected chi connectivity index (χ4v) is 18.1. The van der Waals surface area contributed by atoms with Crippen molar-refractivity contribution in [1.29, 1.82) is 0 Å². The molecule has 0 fully saturated rings. The van der Waals surface area contributed by atoms with Gasteiger partial charge in [0, 0.05) is 40.8 Å². The molecule has 0 aromatic heterocycles. The fraction of sp³-hybridized carbons (Fsp3) is 1.00. The smallest absolute Gasteiger partial charge is 0.0901 e. The van der Waals surface area contributed by atoms with E-state index in [2.05, 4.69) is 140 Å². The predicted molar refractivity (Wildman–Crippen MR) is 141 cm³/mol. The average molecular weight is 697 g/mol. The van der Waals surface area contributed by atoms with Crippen molar-refractivity contribution in [1.82, 2.24) is 0 Å². The number of rotatable bonds is 0. The van der Waals surface area contributed by atoms with Gasteiger partial charge in [-0.2, -0.15) is 0 Å². The molecule has 0 aliphatic carbocycles. The minimum Gasteiger partial charge on any atom is -0.0901 e. The Kier molecular flexibility index (Phi) is 15.9. The molecule has 0 heterocycles. The summed E-state index contributed by atoms with van der Waals surface area (Å²) in [5.74, 6) is -1.21. The minimum atomic E-state index is -1.21. The van der Waals surface area contributed by atoms with Crippen LogP contribution in [0, 0.1) is 0 Å². The van der Waals surface area contributed by atoms with E-state index in [1.165, 1.54) is 0 Å². The van der Waals surface area contributed by atoms with Crippen LogP contribution < -0.4 is 0 Å². The van der Waals surface area contributed by atoms with Gasteiger partial charge < -0.3 is 0 Å². The molecule has 0 aliphatic heterocycles. The summed E-state index contributed by atoms with van der Waals surface area (Å²) < 4.78 is 0. The number of hydrogen-bond donors (Lipinski definition) is 0. The molecule has 0 atom stereocenters. The van der Waals surface area contributed by atoms with Gasteiger partial charge in [-0.25, -0.2) is 0 Å². The third-order valence-electron chi connectivity index (χ3n) is 4.79. The first-order chi connectivity index (χ1) is 11.1. The summed E-state index contributed by atoms with van der Waals surface area (Å²) in [6.45, 7) is 42.8. The molecule has 0 bridgehead atoms. The number of hydrogen-bond acceptors (Lipinski definition) is 0. The van der Waals surface area contributed by atoms with E-state index in [-0.39, 0.29) is 48.8 Å². The van der Waals surface area contributed by atoms with Crippen LogP contribution in [-0.2, 0) is 40.8 Å². The van der Waals surface area contributed by atoms with Gasteiger partial charge in [0.05, 0.1) is 21.4 Å². The molecular formula is C24H54BrP2Pd2+. The van der Waals surface area contributed by atoms with Gasteiger partial charge in [0.15, 0.2) is 0 Å². The molecule has 0 saturated heterocycles. The van der Waals surface area contributed by atoms with Crippen LogP contribution in [0.1, 0.15) is 125 Å². The van der Waals surface area contributed by atoms with Crippen molar-refractivity contribution < 1.29 is 40.8 Å². The Morgan fingerprint density at radius 1 is 0.414 bits per heavy atom. The maximum Gasteiger partial charge on any atom is 0.140 e. The normalized spacial score (nSPS) is 14.5. The summed E-state index contributed by atoms with van der Waals surface area (Å²) in [5, 5.41) is 2.40. The van der Waals surface area contributed by atoms with Crippen LogP contribution in [0.4, 0.5) is 0 Å².